The van der Waals surface area contributed by atoms with Crippen molar-refractivity contribution >= 4 is 23.2 Å². The second kappa shape index (κ2) is 7.26. The van der Waals surface area contributed by atoms with Crippen molar-refractivity contribution in [3.05, 3.63) is 59.2 Å². The molecule has 0 aliphatic heterocycles. The lowest BCUT2D eigenvalue weighted by Gasteiger charge is -2.55. The van der Waals surface area contributed by atoms with Crippen LogP contribution in [0.5, 0.6) is 0 Å². The quantitative estimate of drug-likeness (QED) is 0.688. The largest absolute Gasteiger partial charge is 0.325 e. The summed E-state index contributed by atoms with van der Waals surface area (Å²) in [4.78, 5) is 26.4. The van der Waals surface area contributed by atoms with Crippen LogP contribution in [0.2, 0.25) is 0 Å². The molecule has 2 amide bonds. The summed E-state index contributed by atoms with van der Waals surface area (Å²) in [5.74, 6) is 2.06. The molecule has 4 aliphatic carbocycles. The van der Waals surface area contributed by atoms with Crippen LogP contribution in [0.25, 0.3) is 0 Å². The van der Waals surface area contributed by atoms with Gasteiger partial charge in [-0.05, 0) is 106 Å². The molecule has 2 aromatic carbocycles. The molecule has 0 radical (unpaired) electrons. The van der Waals surface area contributed by atoms with Gasteiger partial charge in [-0.3, -0.25) is 9.59 Å². The van der Waals surface area contributed by atoms with Crippen molar-refractivity contribution in [3.63, 3.8) is 0 Å². The zero-order chi connectivity index (χ0) is 20.9. The van der Waals surface area contributed by atoms with Gasteiger partial charge in [0.25, 0.3) is 5.91 Å². The maximum Gasteiger partial charge on any atom is 0.257 e. The lowest BCUT2D eigenvalue weighted by Crippen LogP contribution is -2.51. The van der Waals surface area contributed by atoms with Gasteiger partial charge in [0, 0.05) is 5.69 Å². The molecule has 30 heavy (non-hydrogen) atoms. The first-order valence-corrected chi connectivity index (χ1v) is 11.2. The van der Waals surface area contributed by atoms with Crippen molar-refractivity contribution in [2.75, 3.05) is 10.6 Å². The van der Waals surface area contributed by atoms with E-state index in [1.165, 1.54) is 24.8 Å². The topological polar surface area (TPSA) is 58.2 Å². The van der Waals surface area contributed by atoms with Gasteiger partial charge >= 0.3 is 0 Å². The Hall–Kier alpha value is -2.62. The van der Waals surface area contributed by atoms with Crippen molar-refractivity contribution in [3.8, 4) is 0 Å². The minimum atomic E-state index is -0.230. The number of carbonyl (C=O) groups is 2. The van der Waals surface area contributed by atoms with E-state index in [9.17, 15) is 9.59 Å². The number of carbonyl (C=O) groups excluding carboxylic acids is 2. The maximum atomic E-state index is 13.4. The van der Waals surface area contributed by atoms with Gasteiger partial charge in [-0.15, -0.1) is 0 Å². The average molecular weight is 403 g/mol. The van der Waals surface area contributed by atoms with Crippen LogP contribution in [0.1, 0.15) is 60.0 Å². The van der Waals surface area contributed by atoms with Crippen molar-refractivity contribution < 1.29 is 9.59 Å². The standard InChI is InChI=1S/C26H30N2O2/c1-16-7-8-21(9-17(16)2)27-24(29)22-5-3-4-6-23(22)28-25(30)26-13-18-10-19(14-26)12-20(11-18)15-26/h3-9,18-20H,10-15H2,1-2H3,(H,27,29)(H,28,30). The molecular weight excluding hydrogens is 372 g/mol. The van der Waals surface area contributed by atoms with E-state index in [1.54, 1.807) is 6.07 Å². The molecule has 6 rings (SSSR count). The number of amides is 2. The van der Waals surface area contributed by atoms with Crippen LogP contribution >= 0.6 is 0 Å². The molecule has 0 unspecified atom stereocenters. The highest BCUT2D eigenvalue weighted by Crippen LogP contribution is 2.60. The van der Waals surface area contributed by atoms with Crippen molar-refractivity contribution in [1.29, 1.82) is 0 Å². The van der Waals surface area contributed by atoms with Gasteiger partial charge in [0.1, 0.15) is 0 Å². The van der Waals surface area contributed by atoms with E-state index in [0.717, 1.165) is 30.5 Å². The lowest BCUT2D eigenvalue weighted by molar-refractivity contribution is -0.140. The SMILES string of the molecule is Cc1ccc(NC(=O)c2ccccc2NC(=O)C23CC4CC(CC(C4)C2)C3)cc1C. The summed E-state index contributed by atoms with van der Waals surface area (Å²) < 4.78 is 0. The van der Waals surface area contributed by atoms with Crippen LogP contribution in [0, 0.1) is 37.0 Å². The summed E-state index contributed by atoms with van der Waals surface area (Å²) in [6.45, 7) is 4.08. The van der Waals surface area contributed by atoms with E-state index in [2.05, 4.69) is 17.6 Å². The number of para-hydroxylation sites is 1. The highest BCUT2D eigenvalue weighted by molar-refractivity contribution is 6.10. The Morgan fingerprint density at radius 1 is 0.833 bits per heavy atom. The molecule has 2 aromatic rings. The first-order valence-electron chi connectivity index (χ1n) is 11.2. The number of hydrogen-bond donors (Lipinski definition) is 2. The fourth-order valence-corrected chi connectivity index (χ4v) is 6.45. The Balaban J connectivity index is 1.35. The number of aryl methyl sites for hydroxylation is 2. The summed E-state index contributed by atoms with van der Waals surface area (Å²) >= 11 is 0. The molecule has 0 heterocycles. The van der Waals surface area contributed by atoms with E-state index >= 15 is 0 Å². The van der Waals surface area contributed by atoms with Crippen LogP contribution in [-0.2, 0) is 4.79 Å². The lowest BCUT2D eigenvalue weighted by atomic mass is 9.49. The van der Waals surface area contributed by atoms with E-state index < -0.39 is 0 Å². The maximum absolute atomic E-state index is 13.4. The van der Waals surface area contributed by atoms with E-state index in [-0.39, 0.29) is 17.2 Å². The normalized spacial score (nSPS) is 28.9. The summed E-state index contributed by atoms with van der Waals surface area (Å²) in [6, 6.07) is 13.2. The van der Waals surface area contributed by atoms with Crippen LogP contribution in [0.4, 0.5) is 11.4 Å². The van der Waals surface area contributed by atoms with Gasteiger partial charge in [-0.2, -0.15) is 0 Å². The highest BCUT2D eigenvalue weighted by atomic mass is 16.2. The van der Waals surface area contributed by atoms with Gasteiger partial charge in [0.15, 0.2) is 0 Å². The first kappa shape index (κ1) is 19.3. The molecule has 4 saturated carbocycles. The Kier molecular flexibility index (Phi) is 4.68. The molecule has 4 heteroatoms. The molecular formula is C26H30N2O2. The predicted molar refractivity (Wildman–Crippen MR) is 120 cm³/mol. The fourth-order valence-electron chi connectivity index (χ4n) is 6.45. The van der Waals surface area contributed by atoms with Crippen LogP contribution in [0.15, 0.2) is 42.5 Å². The molecule has 4 fully saturated rings. The minimum absolute atomic E-state index is 0.119. The summed E-state index contributed by atoms with van der Waals surface area (Å²) in [6.07, 6.45) is 6.97. The Bertz CT molecular complexity index is 975. The molecule has 0 spiro atoms. The van der Waals surface area contributed by atoms with Crippen molar-refractivity contribution in [2.24, 2.45) is 23.2 Å². The second-order valence-corrected chi connectivity index (χ2v) is 9.95. The van der Waals surface area contributed by atoms with E-state index in [4.69, 9.17) is 0 Å². The number of rotatable bonds is 4. The molecule has 4 nitrogen and oxygen atoms in total. The molecule has 0 saturated heterocycles. The molecule has 0 atom stereocenters. The van der Waals surface area contributed by atoms with Crippen LogP contribution in [-0.4, -0.2) is 11.8 Å². The monoisotopic (exact) mass is 402 g/mol. The van der Waals surface area contributed by atoms with E-state index in [0.29, 0.717) is 29.0 Å². The Labute approximate surface area is 178 Å². The third-order valence-electron chi connectivity index (χ3n) is 7.70. The number of benzene rings is 2. The number of anilines is 2. The van der Waals surface area contributed by atoms with Gasteiger partial charge in [0.2, 0.25) is 5.91 Å². The molecule has 4 bridgehead atoms. The predicted octanol–water partition coefficient (Wildman–Crippen LogP) is 5.71. The van der Waals surface area contributed by atoms with Crippen LogP contribution in [0.3, 0.4) is 0 Å². The smallest absolute Gasteiger partial charge is 0.257 e. The highest BCUT2D eigenvalue weighted by Gasteiger charge is 2.54. The summed E-state index contributed by atoms with van der Waals surface area (Å²) in [7, 11) is 0. The van der Waals surface area contributed by atoms with Crippen LogP contribution < -0.4 is 10.6 Å². The van der Waals surface area contributed by atoms with Gasteiger partial charge < -0.3 is 10.6 Å². The molecule has 2 N–H and O–H groups in total. The minimum Gasteiger partial charge on any atom is -0.325 e. The van der Waals surface area contributed by atoms with Gasteiger partial charge in [0.05, 0.1) is 16.7 Å². The third-order valence-corrected chi connectivity index (χ3v) is 7.70. The first-order chi connectivity index (χ1) is 14.4. The Morgan fingerprint density at radius 3 is 2.10 bits per heavy atom. The molecule has 156 valence electrons. The number of hydrogen-bond acceptors (Lipinski definition) is 2. The van der Waals surface area contributed by atoms with Crippen molar-refractivity contribution in [2.45, 2.75) is 52.4 Å². The summed E-state index contributed by atoms with van der Waals surface area (Å²) in [5.41, 5.74) is 3.98. The van der Waals surface area contributed by atoms with Gasteiger partial charge in [-0.25, -0.2) is 0 Å². The zero-order valence-corrected chi connectivity index (χ0v) is 17.8. The second-order valence-electron chi connectivity index (χ2n) is 9.95. The zero-order valence-electron chi connectivity index (χ0n) is 17.8. The van der Waals surface area contributed by atoms with Gasteiger partial charge in [-0.1, -0.05) is 18.2 Å². The van der Waals surface area contributed by atoms with Crippen molar-refractivity contribution in [1.82, 2.24) is 0 Å². The number of nitrogens with one attached hydrogen (secondary N) is 2. The third kappa shape index (κ3) is 3.42. The Morgan fingerprint density at radius 2 is 1.47 bits per heavy atom. The summed E-state index contributed by atoms with van der Waals surface area (Å²) in [5, 5.41) is 6.14. The average Bonchev–Trinajstić information content (AvgIpc) is 2.70. The molecule has 4 aliphatic rings. The van der Waals surface area contributed by atoms with E-state index in [1.807, 2.05) is 43.3 Å². The molecule has 0 aromatic heterocycles. The fraction of sp³-hybridized carbons (Fsp3) is 0.462.